The van der Waals surface area contributed by atoms with Crippen LogP contribution in [0, 0.1) is 11.8 Å². The summed E-state index contributed by atoms with van der Waals surface area (Å²) < 4.78 is 1.54. The fourth-order valence-corrected chi connectivity index (χ4v) is 1.67. The molecule has 0 amide bonds. The van der Waals surface area contributed by atoms with E-state index >= 15 is 0 Å². The van der Waals surface area contributed by atoms with Crippen LogP contribution in [-0.2, 0) is 6.54 Å². The molecule has 0 bridgehead atoms. The Balaban J connectivity index is 2.19. The second-order valence-electron chi connectivity index (χ2n) is 4.01. The molecule has 0 saturated heterocycles. The Kier molecular flexibility index (Phi) is 4.49. The molecule has 2 rings (SSSR count). The minimum absolute atomic E-state index is 0.0672. The van der Waals surface area contributed by atoms with E-state index in [1.807, 2.05) is 24.3 Å². The topological polar surface area (TPSA) is 55.1 Å². The lowest BCUT2D eigenvalue weighted by Gasteiger charge is -2.04. The highest BCUT2D eigenvalue weighted by atomic mass is 16.2. The van der Waals surface area contributed by atoms with Gasteiger partial charge in [-0.15, -0.1) is 0 Å². The fraction of sp³-hybridized carbons (Fsp3) is 0.200. The van der Waals surface area contributed by atoms with Gasteiger partial charge < -0.3 is 5.11 Å². The first-order chi connectivity index (χ1) is 9.29. The highest BCUT2D eigenvalue weighted by Crippen LogP contribution is 2.05. The van der Waals surface area contributed by atoms with Gasteiger partial charge in [0.25, 0.3) is 0 Å². The fourth-order valence-electron chi connectivity index (χ4n) is 1.67. The van der Waals surface area contributed by atoms with E-state index in [2.05, 4.69) is 16.8 Å². The molecule has 0 radical (unpaired) electrons. The Morgan fingerprint density at radius 3 is 3.00 bits per heavy atom. The molecule has 1 heterocycles. The van der Waals surface area contributed by atoms with Gasteiger partial charge in [-0.3, -0.25) is 4.57 Å². The normalized spacial score (nSPS) is 9.74. The molecule has 4 nitrogen and oxygen atoms in total. The van der Waals surface area contributed by atoms with Crippen molar-refractivity contribution in [2.45, 2.75) is 13.0 Å². The van der Waals surface area contributed by atoms with Crippen molar-refractivity contribution in [3.8, 4) is 11.8 Å². The monoisotopic (exact) mass is 254 g/mol. The zero-order valence-electron chi connectivity index (χ0n) is 10.4. The van der Waals surface area contributed by atoms with Crippen LogP contribution in [0.3, 0.4) is 0 Å². The molecule has 2 aromatic rings. The van der Waals surface area contributed by atoms with Gasteiger partial charge in [0.15, 0.2) is 0 Å². The summed E-state index contributed by atoms with van der Waals surface area (Å²) in [4.78, 5) is 15.2. The van der Waals surface area contributed by atoms with Gasteiger partial charge in [0.05, 0.1) is 13.2 Å². The lowest BCUT2D eigenvalue weighted by Crippen LogP contribution is -2.21. The molecule has 0 aliphatic rings. The molecule has 0 spiro atoms. The van der Waals surface area contributed by atoms with Crippen LogP contribution >= 0.6 is 0 Å². The number of hydrogen-bond donors (Lipinski definition) is 1. The van der Waals surface area contributed by atoms with Gasteiger partial charge in [0, 0.05) is 24.4 Å². The number of aliphatic hydroxyl groups is 1. The van der Waals surface area contributed by atoms with E-state index < -0.39 is 0 Å². The van der Waals surface area contributed by atoms with Crippen LogP contribution in [0.2, 0.25) is 0 Å². The van der Waals surface area contributed by atoms with Crippen molar-refractivity contribution in [1.82, 2.24) is 9.55 Å². The molecule has 1 aromatic heterocycles. The SMILES string of the molecule is O=c1ncccn1Cc1cccc(C#CCCO)c1. The van der Waals surface area contributed by atoms with E-state index in [1.165, 1.54) is 6.20 Å². The Morgan fingerprint density at radius 1 is 1.32 bits per heavy atom. The Labute approximate surface area is 111 Å². The van der Waals surface area contributed by atoms with Crippen molar-refractivity contribution < 1.29 is 5.11 Å². The smallest absolute Gasteiger partial charge is 0.347 e. The molecular formula is C15H14N2O2. The highest BCUT2D eigenvalue weighted by molar-refractivity contribution is 5.37. The molecule has 0 aliphatic heterocycles. The van der Waals surface area contributed by atoms with Gasteiger partial charge in [-0.1, -0.05) is 24.0 Å². The van der Waals surface area contributed by atoms with Gasteiger partial charge >= 0.3 is 5.69 Å². The maximum atomic E-state index is 11.5. The Hall–Kier alpha value is -2.38. The van der Waals surface area contributed by atoms with E-state index in [1.54, 1.807) is 16.8 Å². The predicted octanol–water partition coefficient (Wildman–Crippen LogP) is 1.03. The summed E-state index contributed by atoms with van der Waals surface area (Å²) in [6.07, 6.45) is 3.65. The van der Waals surface area contributed by atoms with Crippen LogP contribution in [0.15, 0.2) is 47.5 Å². The summed E-state index contributed by atoms with van der Waals surface area (Å²) in [7, 11) is 0. The van der Waals surface area contributed by atoms with Crippen molar-refractivity contribution in [2.75, 3.05) is 6.61 Å². The molecule has 1 N–H and O–H groups in total. The third kappa shape index (κ3) is 3.80. The quantitative estimate of drug-likeness (QED) is 0.832. The minimum atomic E-state index is -0.265. The molecule has 0 unspecified atom stereocenters. The van der Waals surface area contributed by atoms with Gasteiger partial charge in [-0.05, 0) is 23.8 Å². The average molecular weight is 254 g/mol. The van der Waals surface area contributed by atoms with Crippen molar-refractivity contribution in [3.63, 3.8) is 0 Å². The summed E-state index contributed by atoms with van der Waals surface area (Å²) in [5, 5.41) is 8.68. The molecule has 1 aromatic carbocycles. The van der Waals surface area contributed by atoms with Gasteiger partial charge in [0.2, 0.25) is 0 Å². The third-order valence-corrected chi connectivity index (χ3v) is 2.53. The molecule has 0 saturated carbocycles. The number of benzene rings is 1. The van der Waals surface area contributed by atoms with Crippen molar-refractivity contribution >= 4 is 0 Å². The van der Waals surface area contributed by atoms with E-state index in [-0.39, 0.29) is 12.3 Å². The Bertz CT molecular complexity index is 665. The molecular weight excluding hydrogens is 240 g/mol. The summed E-state index contributed by atoms with van der Waals surface area (Å²) in [6.45, 7) is 0.542. The summed E-state index contributed by atoms with van der Waals surface area (Å²) in [5.41, 5.74) is 1.60. The molecule has 4 heteroatoms. The van der Waals surface area contributed by atoms with Crippen LogP contribution in [-0.4, -0.2) is 21.3 Å². The standard InChI is InChI=1S/C15H14N2O2/c18-10-2-1-5-13-6-3-7-14(11-13)12-17-9-4-8-16-15(17)19/h3-4,6-9,11,18H,2,10,12H2. The van der Waals surface area contributed by atoms with Crippen LogP contribution in [0.4, 0.5) is 0 Å². The van der Waals surface area contributed by atoms with Crippen molar-refractivity contribution in [3.05, 3.63) is 64.3 Å². The number of aliphatic hydroxyl groups excluding tert-OH is 1. The first-order valence-corrected chi connectivity index (χ1v) is 6.00. The van der Waals surface area contributed by atoms with Crippen molar-refractivity contribution in [2.24, 2.45) is 0 Å². The molecule has 0 atom stereocenters. The van der Waals surface area contributed by atoms with Crippen LogP contribution in [0.25, 0.3) is 0 Å². The number of hydrogen-bond acceptors (Lipinski definition) is 3. The first kappa shape index (κ1) is 13.1. The lowest BCUT2D eigenvalue weighted by atomic mass is 10.1. The second kappa shape index (κ2) is 6.53. The molecule has 0 fully saturated rings. The summed E-state index contributed by atoms with van der Waals surface area (Å²) >= 11 is 0. The molecule has 19 heavy (non-hydrogen) atoms. The Morgan fingerprint density at radius 2 is 2.21 bits per heavy atom. The maximum Gasteiger partial charge on any atom is 0.347 e. The van der Waals surface area contributed by atoms with Crippen LogP contribution in [0.1, 0.15) is 17.5 Å². The number of aromatic nitrogens is 2. The number of nitrogens with zero attached hydrogens (tertiary/aromatic N) is 2. The van der Waals surface area contributed by atoms with Gasteiger partial charge in [0.1, 0.15) is 0 Å². The third-order valence-electron chi connectivity index (χ3n) is 2.53. The predicted molar refractivity (Wildman–Crippen MR) is 72.6 cm³/mol. The van der Waals surface area contributed by atoms with Crippen LogP contribution in [0.5, 0.6) is 0 Å². The maximum absolute atomic E-state index is 11.5. The zero-order chi connectivity index (χ0) is 13.5. The highest BCUT2D eigenvalue weighted by Gasteiger charge is 1.98. The van der Waals surface area contributed by atoms with Crippen molar-refractivity contribution in [1.29, 1.82) is 0 Å². The van der Waals surface area contributed by atoms with E-state index in [0.717, 1.165) is 11.1 Å². The largest absolute Gasteiger partial charge is 0.395 e. The number of rotatable bonds is 3. The lowest BCUT2D eigenvalue weighted by molar-refractivity contribution is 0.305. The summed E-state index contributed by atoms with van der Waals surface area (Å²) in [5.74, 6) is 5.85. The molecule has 0 aliphatic carbocycles. The first-order valence-electron chi connectivity index (χ1n) is 6.00. The van der Waals surface area contributed by atoms with Gasteiger partial charge in [-0.25, -0.2) is 9.78 Å². The summed E-state index contributed by atoms with van der Waals surface area (Å²) in [6, 6.07) is 9.41. The zero-order valence-corrected chi connectivity index (χ0v) is 10.4. The molecule has 96 valence electrons. The van der Waals surface area contributed by atoms with E-state index in [0.29, 0.717) is 13.0 Å². The van der Waals surface area contributed by atoms with Gasteiger partial charge in [-0.2, -0.15) is 0 Å². The average Bonchev–Trinajstić information content (AvgIpc) is 2.42. The van der Waals surface area contributed by atoms with E-state index in [4.69, 9.17) is 5.11 Å². The minimum Gasteiger partial charge on any atom is -0.395 e. The van der Waals surface area contributed by atoms with E-state index in [9.17, 15) is 4.79 Å². The van der Waals surface area contributed by atoms with Crippen LogP contribution < -0.4 is 5.69 Å². The second-order valence-corrected chi connectivity index (χ2v) is 4.01.